The Kier molecular flexibility index (Phi) is 4.65. The van der Waals surface area contributed by atoms with Crippen molar-refractivity contribution >= 4 is 21.6 Å². The molecule has 1 aromatic carbocycles. The highest BCUT2D eigenvalue weighted by atomic mass is 79.9. The Labute approximate surface area is 118 Å². The van der Waals surface area contributed by atoms with Gasteiger partial charge in [0.25, 0.3) is 0 Å². The van der Waals surface area contributed by atoms with E-state index in [1.165, 1.54) is 5.69 Å². The molecule has 0 radical (unpaired) electrons. The highest BCUT2D eigenvalue weighted by molar-refractivity contribution is 9.10. The first-order valence-electron chi connectivity index (χ1n) is 6.50. The summed E-state index contributed by atoms with van der Waals surface area (Å²) in [5.74, 6) is 0. The zero-order valence-electron chi connectivity index (χ0n) is 11.1. The number of nitrogens with zero attached hydrogens (tertiary/aromatic N) is 2. The van der Waals surface area contributed by atoms with Gasteiger partial charge in [0.1, 0.15) is 0 Å². The van der Waals surface area contributed by atoms with Gasteiger partial charge in [0.15, 0.2) is 0 Å². The van der Waals surface area contributed by atoms with E-state index >= 15 is 0 Å². The third kappa shape index (κ3) is 2.87. The van der Waals surface area contributed by atoms with Crippen LogP contribution in [-0.2, 0) is 6.61 Å². The van der Waals surface area contributed by atoms with Crippen LogP contribution in [0.3, 0.4) is 0 Å². The Morgan fingerprint density at radius 2 is 2.17 bits per heavy atom. The van der Waals surface area contributed by atoms with E-state index in [4.69, 9.17) is 0 Å². The highest BCUT2D eigenvalue weighted by Gasteiger charge is 2.24. The molecule has 18 heavy (non-hydrogen) atoms. The lowest BCUT2D eigenvalue weighted by atomic mass is 10.1. The fourth-order valence-corrected chi connectivity index (χ4v) is 2.92. The molecule has 0 amide bonds. The molecular weight excluding hydrogens is 292 g/mol. The van der Waals surface area contributed by atoms with E-state index in [1.54, 1.807) is 0 Å². The third-order valence-electron chi connectivity index (χ3n) is 3.81. The summed E-state index contributed by atoms with van der Waals surface area (Å²) in [6.45, 7) is 5.48. The van der Waals surface area contributed by atoms with E-state index < -0.39 is 0 Å². The van der Waals surface area contributed by atoms with Crippen LogP contribution >= 0.6 is 15.9 Å². The minimum atomic E-state index is 0.103. The van der Waals surface area contributed by atoms with E-state index in [0.717, 1.165) is 36.1 Å². The van der Waals surface area contributed by atoms with E-state index in [1.807, 2.05) is 12.1 Å². The highest BCUT2D eigenvalue weighted by Crippen LogP contribution is 2.27. The predicted molar refractivity (Wildman–Crippen MR) is 79.0 cm³/mol. The molecule has 3 nitrogen and oxygen atoms in total. The lowest BCUT2D eigenvalue weighted by molar-refractivity contribution is 0.212. The number of rotatable bonds is 3. The number of benzene rings is 1. The van der Waals surface area contributed by atoms with Gasteiger partial charge in [0, 0.05) is 41.4 Å². The zero-order chi connectivity index (χ0) is 13.1. The molecule has 1 unspecified atom stereocenters. The molecular formula is C14H21BrN2O. The number of likely N-dealkylation sites (N-methyl/N-ethyl adjacent to an activating group) is 1. The van der Waals surface area contributed by atoms with Crippen molar-refractivity contribution < 1.29 is 5.11 Å². The van der Waals surface area contributed by atoms with Crippen molar-refractivity contribution in [1.82, 2.24) is 4.90 Å². The largest absolute Gasteiger partial charge is 0.392 e. The van der Waals surface area contributed by atoms with Crippen molar-refractivity contribution in [3.63, 3.8) is 0 Å². The van der Waals surface area contributed by atoms with Crippen LogP contribution in [0.1, 0.15) is 18.9 Å². The molecule has 0 saturated carbocycles. The summed E-state index contributed by atoms with van der Waals surface area (Å²) in [5, 5.41) is 9.46. The van der Waals surface area contributed by atoms with Gasteiger partial charge in [-0.05, 0) is 25.6 Å². The van der Waals surface area contributed by atoms with Gasteiger partial charge in [-0.25, -0.2) is 0 Å². The van der Waals surface area contributed by atoms with Crippen molar-refractivity contribution in [2.75, 3.05) is 31.6 Å². The zero-order valence-corrected chi connectivity index (χ0v) is 12.7. The molecule has 0 aromatic heterocycles. The molecule has 1 fully saturated rings. The molecule has 1 aliphatic rings. The van der Waals surface area contributed by atoms with Crippen LogP contribution in [-0.4, -0.2) is 42.7 Å². The second-order valence-corrected chi connectivity index (χ2v) is 5.84. The number of aliphatic hydroxyl groups excluding tert-OH is 1. The van der Waals surface area contributed by atoms with E-state index in [9.17, 15) is 5.11 Å². The van der Waals surface area contributed by atoms with Gasteiger partial charge >= 0.3 is 0 Å². The van der Waals surface area contributed by atoms with Crippen molar-refractivity contribution in [3.8, 4) is 0 Å². The van der Waals surface area contributed by atoms with Crippen LogP contribution < -0.4 is 4.90 Å². The van der Waals surface area contributed by atoms with Crippen LogP contribution in [0.4, 0.5) is 5.69 Å². The molecule has 4 heteroatoms. The Bertz CT molecular complexity index is 411. The first-order valence-corrected chi connectivity index (χ1v) is 7.29. The summed E-state index contributed by atoms with van der Waals surface area (Å²) < 4.78 is 1.07. The lowest BCUT2D eigenvalue weighted by Crippen LogP contribution is -2.51. The SMILES string of the molecule is CCC1CN(c2cc(Br)ccc2CO)CCN1C. The Hall–Kier alpha value is -0.580. The molecule has 1 atom stereocenters. The fraction of sp³-hybridized carbons (Fsp3) is 0.571. The predicted octanol–water partition coefficient (Wildman–Crippen LogP) is 2.47. The van der Waals surface area contributed by atoms with Gasteiger partial charge in [-0.2, -0.15) is 0 Å². The fourth-order valence-electron chi connectivity index (χ4n) is 2.57. The maximum atomic E-state index is 9.46. The third-order valence-corrected chi connectivity index (χ3v) is 4.30. The van der Waals surface area contributed by atoms with Crippen LogP contribution in [0.5, 0.6) is 0 Å². The van der Waals surface area contributed by atoms with Crippen molar-refractivity contribution in [1.29, 1.82) is 0 Å². The standard InChI is InChI=1S/C14H21BrN2O/c1-3-13-9-17(7-6-16(13)2)14-8-12(15)5-4-11(14)10-18/h4-5,8,13,18H,3,6-7,9-10H2,1-2H3. The summed E-state index contributed by atoms with van der Waals surface area (Å²) in [6, 6.07) is 6.70. The monoisotopic (exact) mass is 312 g/mol. The molecule has 0 spiro atoms. The summed E-state index contributed by atoms with van der Waals surface area (Å²) in [6.07, 6.45) is 1.16. The van der Waals surface area contributed by atoms with Crippen LogP contribution in [0.2, 0.25) is 0 Å². The average Bonchev–Trinajstić information content (AvgIpc) is 2.39. The Balaban J connectivity index is 2.23. The molecule has 1 saturated heterocycles. The van der Waals surface area contributed by atoms with Crippen molar-refractivity contribution in [2.45, 2.75) is 26.0 Å². The number of hydrogen-bond donors (Lipinski definition) is 1. The van der Waals surface area contributed by atoms with Crippen LogP contribution in [0.15, 0.2) is 22.7 Å². The first-order chi connectivity index (χ1) is 8.65. The van der Waals surface area contributed by atoms with Gasteiger partial charge in [-0.3, -0.25) is 4.90 Å². The van der Waals surface area contributed by atoms with E-state index in [-0.39, 0.29) is 6.61 Å². The van der Waals surface area contributed by atoms with Crippen LogP contribution in [0, 0.1) is 0 Å². The molecule has 2 rings (SSSR count). The number of aliphatic hydroxyl groups is 1. The van der Waals surface area contributed by atoms with Gasteiger partial charge < -0.3 is 10.0 Å². The molecule has 1 aromatic rings. The van der Waals surface area contributed by atoms with Crippen molar-refractivity contribution in [3.05, 3.63) is 28.2 Å². The Morgan fingerprint density at radius 1 is 1.39 bits per heavy atom. The summed E-state index contributed by atoms with van der Waals surface area (Å²) in [7, 11) is 2.19. The van der Waals surface area contributed by atoms with Gasteiger partial charge in [-0.15, -0.1) is 0 Å². The quantitative estimate of drug-likeness (QED) is 0.929. The van der Waals surface area contributed by atoms with Gasteiger partial charge in [0.2, 0.25) is 0 Å². The van der Waals surface area contributed by atoms with Gasteiger partial charge in [0.05, 0.1) is 6.61 Å². The smallest absolute Gasteiger partial charge is 0.0702 e. The lowest BCUT2D eigenvalue weighted by Gasteiger charge is -2.41. The first kappa shape index (κ1) is 13.8. The molecule has 1 aliphatic heterocycles. The maximum absolute atomic E-state index is 9.46. The number of anilines is 1. The molecule has 0 bridgehead atoms. The summed E-state index contributed by atoms with van der Waals surface area (Å²) in [5.41, 5.74) is 2.18. The Morgan fingerprint density at radius 3 is 2.83 bits per heavy atom. The van der Waals surface area contributed by atoms with E-state index in [2.05, 4.69) is 45.8 Å². The maximum Gasteiger partial charge on any atom is 0.0702 e. The van der Waals surface area contributed by atoms with Crippen LogP contribution in [0.25, 0.3) is 0 Å². The van der Waals surface area contributed by atoms with Gasteiger partial charge in [-0.1, -0.05) is 28.9 Å². The summed E-state index contributed by atoms with van der Waals surface area (Å²) in [4.78, 5) is 4.82. The van der Waals surface area contributed by atoms with Crippen molar-refractivity contribution in [2.24, 2.45) is 0 Å². The molecule has 1 N–H and O–H groups in total. The minimum Gasteiger partial charge on any atom is -0.392 e. The average molecular weight is 313 g/mol. The topological polar surface area (TPSA) is 26.7 Å². The van der Waals surface area contributed by atoms with E-state index in [0.29, 0.717) is 6.04 Å². The second kappa shape index (κ2) is 6.04. The molecule has 1 heterocycles. The minimum absolute atomic E-state index is 0.103. The number of halogens is 1. The second-order valence-electron chi connectivity index (χ2n) is 4.92. The normalized spacial score (nSPS) is 21.3. The summed E-state index contributed by atoms with van der Waals surface area (Å²) >= 11 is 3.52. The number of hydrogen-bond acceptors (Lipinski definition) is 3. The number of piperazine rings is 1. The molecule has 100 valence electrons. The molecule has 0 aliphatic carbocycles.